The number of nitrogens with zero attached hydrogens (tertiary/aromatic N) is 13. The monoisotopic (exact) mass is 1940 g/mol. The van der Waals surface area contributed by atoms with Crippen LogP contribution in [-0.2, 0) is 88.7 Å². The van der Waals surface area contributed by atoms with Crippen molar-refractivity contribution in [3.8, 4) is 17.8 Å². The number of ether oxygens (including phenoxy) is 9. The SMILES string of the molecule is [C-]#[N+]/C(=C\c1cc2ccc(N(C)CCOC(=O)NCc3ccc(COc4cc(Cl)nc(N)n4)cc3)cc2s1)C(=O)OC(C)(C)C.[C-]#[N+]/C(=C\c1cc2ccc(N(C)CCOC(=O)NCc3ccc(COc4nccc(N)n4)cc3)cc2s1)C(=O)OC(C)(C)C.[C-]#[N+]/C(=C\c1cc2ccc(N(CCC)CCOC(=O)NCc3ccc(COc4nc(N)nc5c4N=CC5)cc3)cc2s1)C(=O)OC(C)(C)C. The fourth-order valence-corrected chi connectivity index (χ4v) is 16.2. The third-order valence-electron chi connectivity index (χ3n) is 19.5. The molecule has 0 atom stereocenters. The normalized spacial score (nSPS) is 11.8. The van der Waals surface area contributed by atoms with Crippen LogP contribution in [0.1, 0.15) is 129 Å². The average molecular weight is 1950 g/mol. The lowest BCUT2D eigenvalue weighted by atomic mass is 10.1. The Hall–Kier alpha value is -15.5. The molecule has 13 rings (SSSR count). The summed E-state index contributed by atoms with van der Waals surface area (Å²) >= 11 is 10.3. The van der Waals surface area contributed by atoms with Gasteiger partial charge in [0.1, 0.15) is 73.1 Å². The van der Waals surface area contributed by atoms with Crippen LogP contribution in [0.2, 0.25) is 5.15 Å². The summed E-state index contributed by atoms with van der Waals surface area (Å²) in [7, 11) is 3.83. The number of hydrogen-bond acceptors (Lipinski definition) is 31. The van der Waals surface area contributed by atoms with E-state index in [2.05, 4.69) is 83.3 Å². The van der Waals surface area contributed by atoms with E-state index in [0.717, 1.165) is 114 Å². The van der Waals surface area contributed by atoms with Gasteiger partial charge in [0.2, 0.25) is 23.7 Å². The minimum Gasteiger partial charge on any atom is -0.473 e. The van der Waals surface area contributed by atoms with Gasteiger partial charge in [-0.2, -0.15) is 15.0 Å². The highest BCUT2D eigenvalue weighted by Gasteiger charge is 2.26. The van der Waals surface area contributed by atoms with E-state index in [9.17, 15) is 28.8 Å². The van der Waals surface area contributed by atoms with Gasteiger partial charge < -0.3 is 90.5 Å². The smallest absolute Gasteiger partial charge is 0.407 e. The van der Waals surface area contributed by atoms with Crippen LogP contribution in [0.5, 0.6) is 17.8 Å². The summed E-state index contributed by atoms with van der Waals surface area (Å²) in [5, 5.41) is 11.5. The van der Waals surface area contributed by atoms with E-state index in [1.807, 2.05) is 163 Å². The number of halogens is 1. The molecule has 34 nitrogen and oxygen atoms in total. The zero-order valence-electron chi connectivity index (χ0n) is 78.3. The van der Waals surface area contributed by atoms with Crippen LogP contribution in [0.4, 0.5) is 54.8 Å². The molecule has 0 radical (unpaired) electrons. The fourth-order valence-electron chi connectivity index (χ4n) is 12.9. The van der Waals surface area contributed by atoms with Crippen molar-refractivity contribution in [3.05, 3.63) is 274 Å². The lowest BCUT2D eigenvalue weighted by Crippen LogP contribution is -2.31. The maximum atomic E-state index is 12.5. The van der Waals surface area contributed by atoms with E-state index in [4.69, 9.17) is 91.2 Å². The van der Waals surface area contributed by atoms with Gasteiger partial charge >= 0.3 is 42.2 Å². The van der Waals surface area contributed by atoms with Gasteiger partial charge in [-0.1, -0.05) is 110 Å². The number of likely N-dealkylation sites (N-methyl/N-ethyl adjacent to an activating group) is 2. The number of fused-ring (bicyclic) bond motifs is 4. The van der Waals surface area contributed by atoms with E-state index in [1.165, 1.54) is 46.3 Å². The van der Waals surface area contributed by atoms with Crippen molar-refractivity contribution in [1.29, 1.82) is 0 Å². The maximum Gasteiger partial charge on any atom is 0.407 e. The first-order chi connectivity index (χ1) is 65.9. The van der Waals surface area contributed by atoms with E-state index in [1.54, 1.807) is 92.8 Å². The Morgan fingerprint density at radius 1 is 0.464 bits per heavy atom. The molecule has 1 aliphatic heterocycles. The number of alkyl carbamates (subject to hydrolysis) is 3. The Labute approximate surface area is 816 Å². The van der Waals surface area contributed by atoms with Crippen LogP contribution < -0.4 is 62.1 Å². The van der Waals surface area contributed by atoms with Crippen molar-refractivity contribution < 1.29 is 71.4 Å². The number of aromatic nitrogens is 6. The predicted octanol–water partition coefficient (Wildman–Crippen LogP) is 19.1. The first kappa shape index (κ1) is 103. The van der Waals surface area contributed by atoms with Gasteiger partial charge in [0.25, 0.3) is 17.1 Å². The van der Waals surface area contributed by atoms with Crippen molar-refractivity contribution in [2.75, 3.05) is 92.0 Å². The second-order valence-electron chi connectivity index (χ2n) is 34.0. The van der Waals surface area contributed by atoms with E-state index < -0.39 is 53.0 Å². The Morgan fingerprint density at radius 2 is 0.855 bits per heavy atom. The first-order valence-corrected chi connectivity index (χ1v) is 46.4. The lowest BCUT2D eigenvalue weighted by molar-refractivity contribution is -0.150. The second kappa shape index (κ2) is 48.6. The van der Waals surface area contributed by atoms with Crippen LogP contribution in [0.25, 0.3) is 63.0 Å². The zero-order valence-corrected chi connectivity index (χ0v) is 81.5. The molecule has 0 saturated carbocycles. The average Bonchev–Trinajstić information content (AvgIpc) is 1.68. The standard InChI is InChI=1S/C36H39N7O5S.C32H33ClN6O5S.C32H34N6O5S/c1-6-15-43(26-12-11-25-18-27(49-30(25)19-26)20-29(38-5)33(44)48-36(2,3)4)16-17-46-35(45)40-21-23-7-9-24(10-8-23)22-47-32-31-28(13-14-39-31)41-34(37)42-32;1-32(2,3)44-29(40)25(35-4)16-24-14-22-10-11-23(15-26(22)45-24)39(5)12-13-42-31(41)36-18-20-6-8-21(9-7-20)19-43-28-17-27(33)37-30(34)38-28;1-32(2,3)43-29(39)26(34-4)18-25-16-23-10-11-24(17-27(23)44-25)38(5)14-15-41-31(40)36-19-21-6-8-22(9-7-21)20-42-30-35-13-12-28(33)37-30/h7-12,14,18-20H,6,13,15-17,21-22H2,1-4H3,(H,40,45)(H2,37,41,42);6-11,14-17H,12-13,18-19H2,1-3,5H3,(H,36,41)(H2,34,37,38);6-13,16-18H,14-15,19-20H2,1-3,5H3,(H,36,40)(H2,33,35,37)/b29-20-;25-16-;26-18-. The van der Waals surface area contributed by atoms with Crippen molar-refractivity contribution in [1.82, 2.24) is 45.9 Å². The number of aliphatic imine (C=N–C) groups is 1. The van der Waals surface area contributed by atoms with Gasteiger partial charge in [0.15, 0.2) is 0 Å². The summed E-state index contributed by atoms with van der Waals surface area (Å²) in [6.07, 6.45) is 7.99. The first-order valence-electron chi connectivity index (χ1n) is 43.6. The number of nitrogen functional groups attached to an aromatic ring is 3. The number of hydrogen-bond donors (Lipinski definition) is 6. The molecule has 6 aromatic heterocycles. The summed E-state index contributed by atoms with van der Waals surface area (Å²) < 4.78 is 52.3. The molecular formula is C100H106ClN19O15S3. The van der Waals surface area contributed by atoms with Crippen molar-refractivity contribution >= 4 is 177 Å². The molecule has 7 heterocycles. The molecule has 138 heavy (non-hydrogen) atoms. The van der Waals surface area contributed by atoms with Gasteiger partial charge in [-0.05, 0) is 197 Å². The molecule has 3 amide bonds. The third kappa shape index (κ3) is 32.7. The molecule has 0 saturated heterocycles. The second-order valence-corrected chi connectivity index (χ2v) is 37.7. The summed E-state index contributed by atoms with van der Waals surface area (Å²) in [6, 6.07) is 50.0. The Bertz CT molecular complexity index is 6580. The summed E-state index contributed by atoms with van der Waals surface area (Å²) in [6.45, 7) is 44.9. The molecule has 0 aliphatic carbocycles. The van der Waals surface area contributed by atoms with E-state index in [0.29, 0.717) is 69.7 Å². The number of esters is 3. The molecule has 9 N–H and O–H groups in total. The van der Waals surface area contributed by atoms with Crippen LogP contribution in [-0.4, -0.2) is 149 Å². The number of benzene rings is 6. The number of thiophene rings is 3. The number of nitrogens with one attached hydrogen (secondary N) is 3. The Balaban J connectivity index is 0.000000199. The molecule has 0 bridgehead atoms. The highest BCUT2D eigenvalue weighted by Crippen LogP contribution is 2.37. The van der Waals surface area contributed by atoms with Crippen LogP contribution in [0.15, 0.2) is 186 Å². The fraction of sp³-hybridized carbons (Fsp3) is 0.300. The topological polar surface area (TPSA) is 412 Å². The number of anilines is 6. The highest BCUT2D eigenvalue weighted by molar-refractivity contribution is 7.20. The molecule has 6 aromatic carbocycles. The third-order valence-corrected chi connectivity index (χ3v) is 22.9. The molecule has 38 heteroatoms. The predicted molar refractivity (Wildman–Crippen MR) is 539 cm³/mol. The zero-order chi connectivity index (χ0) is 99.2. The van der Waals surface area contributed by atoms with Crippen LogP contribution in [0.3, 0.4) is 0 Å². The number of rotatable bonds is 35. The molecule has 1 aliphatic rings. The van der Waals surface area contributed by atoms with Gasteiger partial charge in [-0.15, -0.1) is 34.0 Å². The van der Waals surface area contributed by atoms with Gasteiger partial charge in [0, 0.05) is 111 Å². The van der Waals surface area contributed by atoms with E-state index in [-0.39, 0.29) is 79.1 Å². The molecule has 12 aromatic rings. The molecule has 716 valence electrons. The molecule has 0 spiro atoms. The summed E-state index contributed by atoms with van der Waals surface area (Å²) in [4.78, 5) is 121. The lowest BCUT2D eigenvalue weighted by Gasteiger charge is -2.24. The van der Waals surface area contributed by atoms with E-state index >= 15 is 0 Å². The largest absolute Gasteiger partial charge is 0.473 e. The van der Waals surface area contributed by atoms with Gasteiger partial charge in [-0.3, -0.25) is 19.4 Å². The summed E-state index contributed by atoms with van der Waals surface area (Å²) in [5.41, 5.74) is 24.5. The van der Waals surface area contributed by atoms with Crippen LogP contribution in [0, 0.1) is 19.7 Å². The number of carbonyl (C=O) groups is 6. The quantitative estimate of drug-likeness (QED) is 0.00706. The van der Waals surface area contributed by atoms with Gasteiger partial charge in [-0.25, -0.2) is 43.9 Å². The molecule has 0 fully saturated rings. The number of nitrogens with two attached hydrogens (primary N) is 3. The molecule has 0 unspecified atom stereocenters. The van der Waals surface area contributed by atoms with Crippen molar-refractivity contribution in [2.24, 2.45) is 4.99 Å². The van der Waals surface area contributed by atoms with Gasteiger partial charge in [0.05, 0.1) is 45.0 Å². The summed E-state index contributed by atoms with van der Waals surface area (Å²) in [5.74, 6) is -0.732. The number of amides is 3. The minimum absolute atomic E-state index is 0.0379. The highest BCUT2D eigenvalue weighted by atomic mass is 35.5. The Kier molecular flexibility index (Phi) is 36.3. The molecular weight excluding hydrogens is 1840 g/mol. The number of carbonyl (C=O) groups excluding carboxylic acids is 6. The minimum atomic E-state index is -0.681. The van der Waals surface area contributed by atoms with Crippen molar-refractivity contribution in [3.63, 3.8) is 0 Å². The Morgan fingerprint density at radius 3 is 1.26 bits per heavy atom. The van der Waals surface area contributed by atoms with Crippen molar-refractivity contribution in [2.45, 2.75) is 138 Å². The van der Waals surface area contributed by atoms with Crippen LogP contribution >= 0.6 is 45.6 Å². The maximum absolute atomic E-state index is 12.5.